The minimum absolute atomic E-state index is 0.130. The molecule has 104 valence electrons. The van der Waals surface area contributed by atoms with Crippen LogP contribution in [0.3, 0.4) is 0 Å². The maximum Gasteiger partial charge on any atom is 0.244 e. The van der Waals surface area contributed by atoms with Gasteiger partial charge in [-0.1, -0.05) is 19.1 Å². The Hall–Kier alpha value is -2.14. The third-order valence-corrected chi connectivity index (χ3v) is 3.87. The molecule has 3 N–H and O–H groups in total. The second kappa shape index (κ2) is 6.86. The van der Waals surface area contributed by atoms with Crippen molar-refractivity contribution in [2.45, 2.75) is 19.9 Å². The quantitative estimate of drug-likeness (QED) is 0.656. The molecule has 1 heterocycles. The standard InChI is InChI=1S/C15H17N3OS/c1-2-13-9-18-15(20-13)10-17-14(19)8-5-11-3-6-12(16)7-4-11/h3-9H,2,10,16H2,1H3,(H,17,19)/b8-5+. The first-order chi connectivity index (χ1) is 9.67. The smallest absolute Gasteiger partial charge is 0.244 e. The lowest BCUT2D eigenvalue weighted by Crippen LogP contribution is -2.19. The average Bonchev–Trinajstić information content (AvgIpc) is 2.92. The third kappa shape index (κ3) is 4.20. The summed E-state index contributed by atoms with van der Waals surface area (Å²) < 4.78 is 0. The fourth-order valence-electron chi connectivity index (χ4n) is 1.59. The van der Waals surface area contributed by atoms with Crippen molar-refractivity contribution < 1.29 is 4.79 Å². The molecule has 0 saturated carbocycles. The van der Waals surface area contributed by atoms with Crippen LogP contribution < -0.4 is 11.1 Å². The molecule has 0 saturated heterocycles. The number of carbonyl (C=O) groups is 1. The highest BCUT2D eigenvalue weighted by atomic mass is 32.1. The number of hydrogen-bond acceptors (Lipinski definition) is 4. The minimum atomic E-state index is -0.130. The van der Waals surface area contributed by atoms with Gasteiger partial charge in [0.05, 0.1) is 6.54 Å². The van der Waals surface area contributed by atoms with Crippen LogP contribution in [0.2, 0.25) is 0 Å². The number of anilines is 1. The van der Waals surface area contributed by atoms with Crippen molar-refractivity contribution in [3.8, 4) is 0 Å². The van der Waals surface area contributed by atoms with Crippen molar-refractivity contribution in [1.82, 2.24) is 10.3 Å². The van der Waals surface area contributed by atoms with E-state index in [0.29, 0.717) is 12.2 Å². The zero-order chi connectivity index (χ0) is 14.4. The van der Waals surface area contributed by atoms with E-state index in [-0.39, 0.29) is 5.91 Å². The first-order valence-electron chi connectivity index (χ1n) is 6.42. The van der Waals surface area contributed by atoms with Crippen LogP contribution in [0.5, 0.6) is 0 Å². The molecule has 1 aromatic carbocycles. The van der Waals surface area contributed by atoms with Crippen molar-refractivity contribution in [3.05, 3.63) is 52.0 Å². The van der Waals surface area contributed by atoms with Crippen molar-refractivity contribution in [2.75, 3.05) is 5.73 Å². The van der Waals surface area contributed by atoms with Gasteiger partial charge in [-0.05, 0) is 30.2 Å². The van der Waals surface area contributed by atoms with Crippen LogP contribution >= 0.6 is 11.3 Å². The Morgan fingerprint density at radius 1 is 1.40 bits per heavy atom. The normalized spacial score (nSPS) is 10.8. The van der Waals surface area contributed by atoms with E-state index < -0.39 is 0 Å². The summed E-state index contributed by atoms with van der Waals surface area (Å²) >= 11 is 1.63. The van der Waals surface area contributed by atoms with Crippen molar-refractivity contribution in [3.63, 3.8) is 0 Å². The molecular weight excluding hydrogens is 270 g/mol. The van der Waals surface area contributed by atoms with Crippen LogP contribution in [0.25, 0.3) is 6.08 Å². The summed E-state index contributed by atoms with van der Waals surface area (Å²) in [5.74, 6) is -0.130. The lowest BCUT2D eigenvalue weighted by molar-refractivity contribution is -0.116. The minimum Gasteiger partial charge on any atom is -0.399 e. The van der Waals surface area contributed by atoms with Crippen LogP contribution in [0, 0.1) is 0 Å². The number of carbonyl (C=O) groups excluding carboxylic acids is 1. The number of rotatable bonds is 5. The van der Waals surface area contributed by atoms with E-state index in [1.807, 2.05) is 18.3 Å². The number of benzene rings is 1. The van der Waals surface area contributed by atoms with Crippen LogP contribution in [-0.2, 0) is 17.8 Å². The Morgan fingerprint density at radius 2 is 2.15 bits per heavy atom. The number of nitrogen functional groups attached to an aromatic ring is 1. The van der Waals surface area contributed by atoms with Gasteiger partial charge >= 0.3 is 0 Å². The van der Waals surface area contributed by atoms with E-state index in [4.69, 9.17) is 5.73 Å². The fourth-order valence-corrected chi connectivity index (χ4v) is 2.40. The summed E-state index contributed by atoms with van der Waals surface area (Å²) in [5, 5.41) is 3.74. The van der Waals surface area contributed by atoms with E-state index in [9.17, 15) is 4.79 Å². The molecule has 2 rings (SSSR count). The third-order valence-electron chi connectivity index (χ3n) is 2.73. The monoisotopic (exact) mass is 287 g/mol. The summed E-state index contributed by atoms with van der Waals surface area (Å²) in [4.78, 5) is 17.2. The predicted octanol–water partition coefficient (Wildman–Crippen LogP) is 2.62. The van der Waals surface area contributed by atoms with Crippen molar-refractivity contribution >= 4 is 29.0 Å². The van der Waals surface area contributed by atoms with Crippen LogP contribution in [0.15, 0.2) is 36.5 Å². The second-order valence-electron chi connectivity index (χ2n) is 4.29. The highest BCUT2D eigenvalue weighted by molar-refractivity contribution is 7.11. The highest BCUT2D eigenvalue weighted by Crippen LogP contribution is 2.12. The largest absolute Gasteiger partial charge is 0.399 e. The molecule has 2 aromatic rings. The van der Waals surface area contributed by atoms with Gasteiger partial charge in [0, 0.05) is 22.8 Å². The number of thiazole rings is 1. The number of nitrogens with two attached hydrogens (primary N) is 1. The second-order valence-corrected chi connectivity index (χ2v) is 5.49. The van der Waals surface area contributed by atoms with E-state index in [2.05, 4.69) is 17.2 Å². The van der Waals surface area contributed by atoms with Gasteiger partial charge in [-0.2, -0.15) is 0 Å². The Balaban J connectivity index is 1.84. The zero-order valence-electron chi connectivity index (χ0n) is 11.3. The van der Waals surface area contributed by atoms with Crippen LogP contribution in [0.1, 0.15) is 22.4 Å². The molecule has 0 aliphatic carbocycles. The molecule has 0 atom stereocenters. The van der Waals surface area contributed by atoms with E-state index in [1.165, 1.54) is 11.0 Å². The summed E-state index contributed by atoms with van der Waals surface area (Å²) in [6.07, 6.45) is 6.10. The molecule has 4 nitrogen and oxygen atoms in total. The number of aryl methyl sites for hydroxylation is 1. The van der Waals surface area contributed by atoms with Gasteiger partial charge in [-0.15, -0.1) is 11.3 Å². The molecule has 0 aliphatic heterocycles. The first-order valence-corrected chi connectivity index (χ1v) is 7.24. The average molecular weight is 287 g/mol. The predicted molar refractivity (Wildman–Crippen MR) is 83.2 cm³/mol. The summed E-state index contributed by atoms with van der Waals surface area (Å²) in [7, 11) is 0. The molecular formula is C15H17N3OS. The lowest BCUT2D eigenvalue weighted by Gasteiger charge is -1.98. The molecule has 0 bridgehead atoms. The molecule has 0 radical (unpaired) electrons. The Bertz CT molecular complexity index is 602. The summed E-state index contributed by atoms with van der Waals surface area (Å²) in [6.45, 7) is 2.56. The van der Waals surface area contributed by atoms with Gasteiger partial charge in [-0.25, -0.2) is 4.98 Å². The van der Waals surface area contributed by atoms with Crippen LogP contribution in [-0.4, -0.2) is 10.9 Å². The Morgan fingerprint density at radius 3 is 2.80 bits per heavy atom. The number of nitrogens with one attached hydrogen (secondary N) is 1. The lowest BCUT2D eigenvalue weighted by atomic mass is 10.2. The van der Waals surface area contributed by atoms with Crippen LogP contribution in [0.4, 0.5) is 5.69 Å². The number of hydrogen-bond donors (Lipinski definition) is 2. The Kier molecular flexibility index (Phi) is 4.90. The first kappa shape index (κ1) is 14.3. The SMILES string of the molecule is CCc1cnc(CNC(=O)/C=C/c2ccc(N)cc2)s1. The molecule has 5 heteroatoms. The molecule has 0 aliphatic rings. The van der Waals surface area contributed by atoms with E-state index >= 15 is 0 Å². The maximum atomic E-state index is 11.7. The van der Waals surface area contributed by atoms with Gasteiger partial charge in [0.15, 0.2) is 0 Å². The van der Waals surface area contributed by atoms with Gasteiger partial charge in [-0.3, -0.25) is 4.79 Å². The van der Waals surface area contributed by atoms with Gasteiger partial charge < -0.3 is 11.1 Å². The van der Waals surface area contributed by atoms with Crippen molar-refractivity contribution in [2.24, 2.45) is 0 Å². The Labute approximate surface area is 122 Å². The van der Waals surface area contributed by atoms with Gasteiger partial charge in [0.2, 0.25) is 5.91 Å². The molecule has 1 amide bonds. The molecule has 0 spiro atoms. The maximum absolute atomic E-state index is 11.7. The summed E-state index contributed by atoms with van der Waals surface area (Å²) in [5.41, 5.74) is 7.25. The highest BCUT2D eigenvalue weighted by Gasteiger charge is 2.01. The number of nitrogens with zero attached hydrogens (tertiary/aromatic N) is 1. The number of aromatic nitrogens is 1. The van der Waals surface area contributed by atoms with Crippen molar-refractivity contribution in [1.29, 1.82) is 0 Å². The van der Waals surface area contributed by atoms with E-state index in [0.717, 1.165) is 17.0 Å². The van der Waals surface area contributed by atoms with Gasteiger partial charge in [0.1, 0.15) is 5.01 Å². The molecule has 1 aromatic heterocycles. The van der Waals surface area contributed by atoms with E-state index in [1.54, 1.807) is 29.5 Å². The zero-order valence-corrected chi connectivity index (χ0v) is 12.1. The number of amides is 1. The van der Waals surface area contributed by atoms with Gasteiger partial charge in [0.25, 0.3) is 0 Å². The summed E-state index contributed by atoms with van der Waals surface area (Å²) in [6, 6.07) is 7.35. The molecule has 0 unspecified atom stereocenters. The topological polar surface area (TPSA) is 68.0 Å². The molecule has 20 heavy (non-hydrogen) atoms. The molecule has 0 fully saturated rings. The fraction of sp³-hybridized carbons (Fsp3) is 0.200.